The van der Waals surface area contributed by atoms with E-state index in [-0.39, 0.29) is 5.91 Å². The molecule has 5 heteroatoms. The fourth-order valence-electron chi connectivity index (χ4n) is 2.59. The number of rotatable bonds is 5. The van der Waals surface area contributed by atoms with Gasteiger partial charge in [-0.3, -0.25) is 4.79 Å². The molecule has 1 aromatic heterocycles. The van der Waals surface area contributed by atoms with Gasteiger partial charge in [-0.25, -0.2) is 4.98 Å². The zero-order valence-electron chi connectivity index (χ0n) is 14.2. The van der Waals surface area contributed by atoms with Gasteiger partial charge in [0.25, 0.3) is 5.91 Å². The molecular weight excluding hydrogens is 336 g/mol. The summed E-state index contributed by atoms with van der Waals surface area (Å²) in [5.41, 5.74) is 3.28. The molecule has 0 aliphatic carbocycles. The average Bonchev–Trinajstić information content (AvgIpc) is 2.98. The van der Waals surface area contributed by atoms with Crippen molar-refractivity contribution < 1.29 is 9.21 Å². The second-order valence-corrected chi connectivity index (χ2v) is 6.29. The third kappa shape index (κ3) is 4.09. The lowest BCUT2D eigenvalue weighted by atomic mass is 10.1. The Hall–Kier alpha value is -2.59. The van der Waals surface area contributed by atoms with E-state index in [1.165, 1.54) is 0 Å². The number of aryl methyl sites for hydroxylation is 2. The molecule has 0 saturated carbocycles. The monoisotopic (exact) mass is 354 g/mol. The van der Waals surface area contributed by atoms with Gasteiger partial charge in [-0.1, -0.05) is 35.9 Å². The Morgan fingerprint density at radius 2 is 1.92 bits per heavy atom. The molecule has 128 valence electrons. The van der Waals surface area contributed by atoms with Crippen LogP contribution in [-0.4, -0.2) is 17.4 Å². The molecule has 0 atom stereocenters. The summed E-state index contributed by atoms with van der Waals surface area (Å²) in [4.78, 5) is 16.8. The van der Waals surface area contributed by atoms with E-state index < -0.39 is 0 Å². The van der Waals surface area contributed by atoms with Crippen LogP contribution in [0.15, 0.2) is 52.9 Å². The second kappa shape index (κ2) is 7.53. The minimum atomic E-state index is -0.135. The molecule has 1 N–H and O–H groups in total. The van der Waals surface area contributed by atoms with Crippen molar-refractivity contribution in [3.8, 4) is 11.5 Å². The van der Waals surface area contributed by atoms with E-state index in [1.807, 2.05) is 50.2 Å². The maximum atomic E-state index is 12.3. The third-order valence-electron chi connectivity index (χ3n) is 4.01. The number of aromatic nitrogens is 1. The molecule has 2 aromatic carbocycles. The average molecular weight is 355 g/mol. The van der Waals surface area contributed by atoms with Gasteiger partial charge in [0.15, 0.2) is 0 Å². The van der Waals surface area contributed by atoms with Gasteiger partial charge in [0.05, 0.1) is 5.69 Å². The highest BCUT2D eigenvalue weighted by Gasteiger charge is 2.13. The van der Waals surface area contributed by atoms with Crippen molar-refractivity contribution >= 4 is 17.5 Å². The van der Waals surface area contributed by atoms with Crippen LogP contribution in [0.1, 0.15) is 27.4 Å². The van der Waals surface area contributed by atoms with E-state index in [0.29, 0.717) is 29.4 Å². The number of nitrogens with zero attached hydrogens (tertiary/aromatic N) is 1. The molecule has 0 bridgehead atoms. The molecule has 0 saturated heterocycles. The van der Waals surface area contributed by atoms with Crippen molar-refractivity contribution in [3.63, 3.8) is 0 Å². The standard InChI is InChI=1S/C20H19ClN2O2/c1-13-8-9-16(21)12-17(13)19(24)22-11-10-18-14(2)25-20(23-18)15-6-4-3-5-7-15/h3-9,12H,10-11H2,1-2H3,(H,22,24). The fraction of sp³-hybridized carbons (Fsp3) is 0.200. The van der Waals surface area contributed by atoms with Crippen LogP contribution < -0.4 is 5.32 Å². The predicted molar refractivity (Wildman–Crippen MR) is 98.9 cm³/mol. The minimum absolute atomic E-state index is 0.135. The molecule has 3 rings (SSSR count). The lowest BCUT2D eigenvalue weighted by Crippen LogP contribution is -2.26. The van der Waals surface area contributed by atoms with E-state index >= 15 is 0 Å². The van der Waals surface area contributed by atoms with Gasteiger partial charge >= 0.3 is 0 Å². The Labute approximate surface area is 151 Å². The quantitative estimate of drug-likeness (QED) is 0.729. The fourth-order valence-corrected chi connectivity index (χ4v) is 2.76. The van der Waals surface area contributed by atoms with E-state index in [4.69, 9.17) is 16.0 Å². The molecule has 25 heavy (non-hydrogen) atoms. The van der Waals surface area contributed by atoms with Gasteiger partial charge in [0.1, 0.15) is 5.76 Å². The smallest absolute Gasteiger partial charge is 0.251 e. The zero-order valence-corrected chi connectivity index (χ0v) is 14.9. The van der Waals surface area contributed by atoms with Crippen molar-refractivity contribution in [1.29, 1.82) is 0 Å². The molecule has 3 aromatic rings. The summed E-state index contributed by atoms with van der Waals surface area (Å²) < 4.78 is 5.74. The van der Waals surface area contributed by atoms with Crippen LogP contribution in [0.2, 0.25) is 5.02 Å². The Bertz CT molecular complexity index is 888. The second-order valence-electron chi connectivity index (χ2n) is 5.85. The third-order valence-corrected chi connectivity index (χ3v) is 4.24. The highest BCUT2D eigenvalue weighted by atomic mass is 35.5. The Morgan fingerprint density at radius 1 is 1.16 bits per heavy atom. The molecule has 1 heterocycles. The normalized spacial score (nSPS) is 10.7. The maximum Gasteiger partial charge on any atom is 0.251 e. The minimum Gasteiger partial charge on any atom is -0.441 e. The topological polar surface area (TPSA) is 55.1 Å². The number of benzene rings is 2. The summed E-state index contributed by atoms with van der Waals surface area (Å²) in [5.74, 6) is 1.24. The summed E-state index contributed by atoms with van der Waals surface area (Å²) >= 11 is 5.97. The molecule has 0 unspecified atom stereocenters. The van der Waals surface area contributed by atoms with Crippen molar-refractivity contribution in [2.45, 2.75) is 20.3 Å². The first-order valence-electron chi connectivity index (χ1n) is 8.10. The number of carbonyl (C=O) groups is 1. The van der Waals surface area contributed by atoms with Crippen LogP contribution >= 0.6 is 11.6 Å². The van der Waals surface area contributed by atoms with Crippen molar-refractivity contribution in [2.75, 3.05) is 6.54 Å². The lowest BCUT2D eigenvalue weighted by Gasteiger charge is -2.07. The Balaban J connectivity index is 1.63. The lowest BCUT2D eigenvalue weighted by molar-refractivity contribution is 0.0953. The number of amides is 1. The zero-order chi connectivity index (χ0) is 17.8. The number of carbonyl (C=O) groups excluding carboxylic acids is 1. The highest BCUT2D eigenvalue weighted by molar-refractivity contribution is 6.31. The van der Waals surface area contributed by atoms with Crippen LogP contribution in [0.4, 0.5) is 0 Å². The molecule has 0 spiro atoms. The van der Waals surface area contributed by atoms with E-state index in [1.54, 1.807) is 12.1 Å². The molecule has 0 aliphatic rings. The van der Waals surface area contributed by atoms with E-state index in [0.717, 1.165) is 22.6 Å². The van der Waals surface area contributed by atoms with Crippen LogP contribution in [0.3, 0.4) is 0 Å². The number of nitrogens with one attached hydrogen (secondary N) is 1. The highest BCUT2D eigenvalue weighted by Crippen LogP contribution is 2.21. The number of oxazole rings is 1. The van der Waals surface area contributed by atoms with Crippen LogP contribution in [-0.2, 0) is 6.42 Å². The SMILES string of the molecule is Cc1ccc(Cl)cc1C(=O)NCCc1nc(-c2ccccc2)oc1C. The van der Waals surface area contributed by atoms with Crippen molar-refractivity contribution in [2.24, 2.45) is 0 Å². The molecule has 4 nitrogen and oxygen atoms in total. The van der Waals surface area contributed by atoms with Gasteiger partial charge in [-0.2, -0.15) is 0 Å². The van der Waals surface area contributed by atoms with Crippen LogP contribution in [0.5, 0.6) is 0 Å². The molecule has 0 radical (unpaired) electrons. The van der Waals surface area contributed by atoms with Gasteiger partial charge in [0.2, 0.25) is 5.89 Å². The van der Waals surface area contributed by atoms with E-state index in [9.17, 15) is 4.79 Å². The van der Waals surface area contributed by atoms with Crippen LogP contribution in [0, 0.1) is 13.8 Å². The number of hydrogen-bond donors (Lipinski definition) is 1. The first-order valence-corrected chi connectivity index (χ1v) is 8.48. The first kappa shape index (κ1) is 17.2. The molecular formula is C20H19ClN2O2. The van der Waals surface area contributed by atoms with Gasteiger partial charge in [-0.15, -0.1) is 0 Å². The van der Waals surface area contributed by atoms with Crippen LogP contribution in [0.25, 0.3) is 11.5 Å². The Morgan fingerprint density at radius 3 is 2.68 bits per heavy atom. The maximum absolute atomic E-state index is 12.3. The Kier molecular flexibility index (Phi) is 5.19. The molecule has 1 amide bonds. The summed E-state index contributed by atoms with van der Waals surface area (Å²) in [7, 11) is 0. The first-order chi connectivity index (χ1) is 12.0. The largest absolute Gasteiger partial charge is 0.441 e. The summed E-state index contributed by atoms with van der Waals surface area (Å²) in [6, 6.07) is 15.1. The van der Waals surface area contributed by atoms with Gasteiger partial charge < -0.3 is 9.73 Å². The van der Waals surface area contributed by atoms with Gasteiger partial charge in [-0.05, 0) is 43.7 Å². The predicted octanol–water partition coefficient (Wildman–Crippen LogP) is 4.58. The number of hydrogen-bond acceptors (Lipinski definition) is 3. The van der Waals surface area contributed by atoms with E-state index in [2.05, 4.69) is 10.3 Å². The summed E-state index contributed by atoms with van der Waals surface area (Å²) in [5, 5.41) is 3.46. The number of halogens is 1. The molecule has 0 aliphatic heterocycles. The van der Waals surface area contributed by atoms with Gasteiger partial charge in [0, 0.05) is 29.1 Å². The van der Waals surface area contributed by atoms with Crippen molar-refractivity contribution in [3.05, 3.63) is 76.1 Å². The molecule has 0 fully saturated rings. The summed E-state index contributed by atoms with van der Waals surface area (Å²) in [6.07, 6.45) is 0.605. The van der Waals surface area contributed by atoms with Crippen molar-refractivity contribution in [1.82, 2.24) is 10.3 Å². The summed E-state index contributed by atoms with van der Waals surface area (Å²) in [6.45, 7) is 4.25.